The average molecular weight is 226 g/mol. The first-order valence-corrected chi connectivity index (χ1v) is 7.24. The summed E-state index contributed by atoms with van der Waals surface area (Å²) in [4.78, 5) is 1.37. The average Bonchev–Trinajstić information content (AvgIpc) is 2.15. The molecule has 1 aromatic carbocycles. The van der Waals surface area contributed by atoms with Gasteiger partial charge >= 0.3 is 0 Å². The first kappa shape index (κ1) is 12.0. The van der Waals surface area contributed by atoms with Gasteiger partial charge in [-0.25, -0.2) is 0 Å². The maximum absolute atomic E-state index is 2.30. The SMILES string of the molecule is CC(C)SSc1cccc(C(C)C)c1. The maximum Gasteiger partial charge on any atom is 0.0185 e. The number of hydrogen-bond acceptors (Lipinski definition) is 2. The summed E-state index contributed by atoms with van der Waals surface area (Å²) < 4.78 is 0. The predicted molar refractivity (Wildman–Crippen MR) is 69.1 cm³/mol. The van der Waals surface area contributed by atoms with Gasteiger partial charge in [0, 0.05) is 10.1 Å². The molecule has 0 fully saturated rings. The Morgan fingerprint density at radius 3 is 2.36 bits per heavy atom. The van der Waals surface area contributed by atoms with Crippen LogP contribution in [0.4, 0.5) is 0 Å². The van der Waals surface area contributed by atoms with Gasteiger partial charge in [-0.2, -0.15) is 0 Å². The molecular formula is C12H18S2. The van der Waals surface area contributed by atoms with E-state index in [0.717, 1.165) is 0 Å². The molecule has 0 aromatic heterocycles. The van der Waals surface area contributed by atoms with Crippen molar-refractivity contribution >= 4 is 21.6 Å². The van der Waals surface area contributed by atoms with E-state index in [1.54, 1.807) is 0 Å². The van der Waals surface area contributed by atoms with E-state index in [2.05, 4.69) is 52.0 Å². The molecular weight excluding hydrogens is 208 g/mol. The topological polar surface area (TPSA) is 0 Å². The highest BCUT2D eigenvalue weighted by Gasteiger charge is 2.02. The molecule has 0 radical (unpaired) electrons. The third-order valence-electron chi connectivity index (χ3n) is 1.86. The lowest BCUT2D eigenvalue weighted by Gasteiger charge is -2.08. The third-order valence-corrected chi connectivity index (χ3v) is 4.81. The van der Waals surface area contributed by atoms with Crippen molar-refractivity contribution < 1.29 is 0 Å². The van der Waals surface area contributed by atoms with Crippen molar-refractivity contribution in [2.45, 2.75) is 43.8 Å². The van der Waals surface area contributed by atoms with Crippen LogP contribution in [0.2, 0.25) is 0 Å². The molecule has 0 aliphatic carbocycles. The van der Waals surface area contributed by atoms with Crippen LogP contribution in [0.15, 0.2) is 29.2 Å². The van der Waals surface area contributed by atoms with E-state index in [1.807, 2.05) is 21.6 Å². The molecule has 0 saturated heterocycles. The molecule has 0 nitrogen and oxygen atoms in total. The van der Waals surface area contributed by atoms with E-state index in [9.17, 15) is 0 Å². The first-order valence-electron chi connectivity index (χ1n) is 5.03. The fourth-order valence-corrected chi connectivity index (χ4v) is 2.92. The van der Waals surface area contributed by atoms with Gasteiger partial charge in [-0.3, -0.25) is 0 Å². The molecule has 0 spiro atoms. The van der Waals surface area contributed by atoms with Crippen molar-refractivity contribution in [3.05, 3.63) is 29.8 Å². The minimum atomic E-state index is 0.625. The standard InChI is InChI=1S/C12H18S2/c1-9(2)11-6-5-7-12(8-11)14-13-10(3)4/h5-10H,1-4H3. The molecule has 0 heterocycles. The number of rotatable bonds is 4. The molecule has 0 atom stereocenters. The van der Waals surface area contributed by atoms with Gasteiger partial charge in [0.15, 0.2) is 0 Å². The van der Waals surface area contributed by atoms with Crippen molar-refractivity contribution in [2.24, 2.45) is 0 Å². The minimum absolute atomic E-state index is 0.625. The molecule has 0 amide bonds. The summed E-state index contributed by atoms with van der Waals surface area (Å²) in [5.74, 6) is 0.625. The summed E-state index contributed by atoms with van der Waals surface area (Å²) in [6, 6.07) is 8.84. The summed E-state index contributed by atoms with van der Waals surface area (Å²) in [5.41, 5.74) is 1.43. The third kappa shape index (κ3) is 3.97. The summed E-state index contributed by atoms with van der Waals surface area (Å²) in [7, 11) is 3.80. The van der Waals surface area contributed by atoms with Crippen molar-refractivity contribution in [3.63, 3.8) is 0 Å². The lowest BCUT2D eigenvalue weighted by Crippen LogP contribution is -1.86. The number of hydrogen-bond donors (Lipinski definition) is 0. The van der Waals surface area contributed by atoms with Crippen molar-refractivity contribution in [1.29, 1.82) is 0 Å². The van der Waals surface area contributed by atoms with Crippen molar-refractivity contribution in [3.8, 4) is 0 Å². The van der Waals surface area contributed by atoms with Crippen molar-refractivity contribution in [1.82, 2.24) is 0 Å². The monoisotopic (exact) mass is 226 g/mol. The van der Waals surface area contributed by atoms with Crippen LogP contribution in [0.5, 0.6) is 0 Å². The Bertz CT molecular complexity index is 279. The van der Waals surface area contributed by atoms with Gasteiger partial charge in [-0.05, 0) is 23.6 Å². The second-order valence-corrected chi connectivity index (χ2v) is 6.81. The smallest absolute Gasteiger partial charge is 0.0185 e. The maximum atomic E-state index is 2.30. The normalized spacial score (nSPS) is 11.3. The van der Waals surface area contributed by atoms with Gasteiger partial charge < -0.3 is 0 Å². The Balaban J connectivity index is 2.64. The highest BCUT2D eigenvalue weighted by atomic mass is 33.1. The fraction of sp³-hybridized carbons (Fsp3) is 0.500. The van der Waals surface area contributed by atoms with Crippen LogP contribution < -0.4 is 0 Å². The summed E-state index contributed by atoms with van der Waals surface area (Å²) in [5, 5.41) is 0.683. The van der Waals surface area contributed by atoms with E-state index in [1.165, 1.54) is 10.5 Å². The van der Waals surface area contributed by atoms with Crippen LogP contribution in [-0.2, 0) is 0 Å². The molecule has 0 unspecified atom stereocenters. The minimum Gasteiger partial charge on any atom is -0.0861 e. The second kappa shape index (κ2) is 5.72. The molecule has 14 heavy (non-hydrogen) atoms. The van der Waals surface area contributed by atoms with E-state index >= 15 is 0 Å². The van der Waals surface area contributed by atoms with Gasteiger partial charge in [0.1, 0.15) is 0 Å². The molecule has 0 aliphatic rings. The van der Waals surface area contributed by atoms with Crippen LogP contribution in [-0.4, -0.2) is 5.25 Å². The van der Waals surface area contributed by atoms with Gasteiger partial charge in [-0.1, -0.05) is 61.4 Å². The van der Waals surface area contributed by atoms with Crippen LogP contribution in [0, 0.1) is 0 Å². The molecule has 78 valence electrons. The predicted octanol–water partition coefficient (Wildman–Crippen LogP) is 4.96. The molecule has 0 aliphatic heterocycles. The lowest BCUT2D eigenvalue weighted by molar-refractivity contribution is 0.862. The van der Waals surface area contributed by atoms with E-state index in [-0.39, 0.29) is 0 Å². The van der Waals surface area contributed by atoms with Crippen LogP contribution >= 0.6 is 21.6 Å². The lowest BCUT2D eigenvalue weighted by atomic mass is 10.0. The Kier molecular flexibility index (Phi) is 4.90. The second-order valence-electron chi connectivity index (χ2n) is 3.96. The summed E-state index contributed by atoms with van der Waals surface area (Å²) in [6.45, 7) is 8.92. The Morgan fingerprint density at radius 1 is 1.07 bits per heavy atom. The Hall–Kier alpha value is -0.0800. The Morgan fingerprint density at radius 2 is 1.79 bits per heavy atom. The van der Waals surface area contributed by atoms with E-state index in [4.69, 9.17) is 0 Å². The molecule has 1 rings (SSSR count). The number of benzene rings is 1. The first-order chi connectivity index (χ1) is 6.59. The van der Waals surface area contributed by atoms with Crippen LogP contribution in [0.25, 0.3) is 0 Å². The van der Waals surface area contributed by atoms with E-state index < -0.39 is 0 Å². The van der Waals surface area contributed by atoms with Crippen LogP contribution in [0.3, 0.4) is 0 Å². The van der Waals surface area contributed by atoms with Crippen LogP contribution in [0.1, 0.15) is 39.2 Å². The van der Waals surface area contributed by atoms with Gasteiger partial charge in [0.05, 0.1) is 0 Å². The molecule has 1 aromatic rings. The zero-order valence-electron chi connectivity index (χ0n) is 9.28. The quantitative estimate of drug-likeness (QED) is 0.666. The van der Waals surface area contributed by atoms with E-state index in [0.29, 0.717) is 11.2 Å². The fourth-order valence-electron chi connectivity index (χ4n) is 1.08. The highest BCUT2D eigenvalue weighted by Crippen LogP contribution is 2.35. The molecule has 0 bridgehead atoms. The van der Waals surface area contributed by atoms with Gasteiger partial charge in [0.2, 0.25) is 0 Å². The zero-order chi connectivity index (χ0) is 10.6. The van der Waals surface area contributed by atoms with Crippen molar-refractivity contribution in [2.75, 3.05) is 0 Å². The zero-order valence-corrected chi connectivity index (χ0v) is 10.9. The highest BCUT2D eigenvalue weighted by molar-refractivity contribution is 8.76. The molecule has 2 heteroatoms. The summed E-state index contributed by atoms with van der Waals surface area (Å²) in [6.07, 6.45) is 0. The largest absolute Gasteiger partial charge is 0.0861 e. The molecule has 0 saturated carbocycles. The summed E-state index contributed by atoms with van der Waals surface area (Å²) >= 11 is 0. The molecule has 0 N–H and O–H groups in total. The van der Waals surface area contributed by atoms with Gasteiger partial charge in [-0.15, -0.1) is 0 Å². The Labute approximate surface area is 95.3 Å². The van der Waals surface area contributed by atoms with Gasteiger partial charge in [0.25, 0.3) is 0 Å².